The minimum Gasteiger partial charge on any atom is -0.363 e. The Morgan fingerprint density at radius 1 is 1.10 bits per heavy atom. The summed E-state index contributed by atoms with van der Waals surface area (Å²) >= 11 is 0. The molecule has 1 atom stereocenters. The Morgan fingerprint density at radius 2 is 1.83 bits per heavy atom. The van der Waals surface area contributed by atoms with Gasteiger partial charge in [-0.2, -0.15) is 18.3 Å². The molecule has 1 unspecified atom stereocenters. The average Bonchev–Trinajstić information content (AvgIpc) is 3.04. The summed E-state index contributed by atoms with van der Waals surface area (Å²) in [5.41, 5.74) is 0.727. The maximum Gasteiger partial charge on any atom is 0.433 e. The van der Waals surface area contributed by atoms with Crippen LogP contribution < -0.4 is 5.32 Å². The molecule has 3 aromatic rings. The predicted molar refractivity (Wildman–Crippen MR) is 104 cm³/mol. The lowest BCUT2D eigenvalue weighted by Crippen LogP contribution is -2.22. The van der Waals surface area contributed by atoms with Crippen molar-refractivity contribution < 1.29 is 13.2 Å². The Hall–Kier alpha value is -2.97. The molecule has 6 nitrogen and oxygen atoms in total. The topological polar surface area (TPSA) is 68.5 Å². The van der Waals surface area contributed by atoms with Crippen molar-refractivity contribution in [1.82, 2.24) is 24.7 Å². The Morgan fingerprint density at radius 3 is 2.38 bits per heavy atom. The number of alkyl halides is 3. The van der Waals surface area contributed by atoms with E-state index in [1.807, 2.05) is 45.5 Å². The van der Waals surface area contributed by atoms with Gasteiger partial charge in [0.15, 0.2) is 11.5 Å². The van der Waals surface area contributed by atoms with Crippen LogP contribution >= 0.6 is 0 Å². The zero-order chi connectivity index (χ0) is 21.4. The molecule has 3 rings (SSSR count). The average molecular weight is 404 g/mol. The van der Waals surface area contributed by atoms with Gasteiger partial charge in [-0.25, -0.2) is 9.97 Å². The highest BCUT2D eigenvalue weighted by molar-refractivity contribution is 5.53. The van der Waals surface area contributed by atoms with Gasteiger partial charge in [0, 0.05) is 24.0 Å². The molecule has 0 aromatic carbocycles. The lowest BCUT2D eigenvalue weighted by molar-refractivity contribution is -0.141. The van der Waals surface area contributed by atoms with Gasteiger partial charge < -0.3 is 5.32 Å². The highest BCUT2D eigenvalue weighted by Crippen LogP contribution is 2.31. The molecule has 3 aromatic heterocycles. The van der Waals surface area contributed by atoms with E-state index in [1.165, 1.54) is 6.20 Å². The van der Waals surface area contributed by atoms with Gasteiger partial charge in [-0.05, 0) is 46.8 Å². The summed E-state index contributed by atoms with van der Waals surface area (Å²) in [6.45, 7) is 9.81. The summed E-state index contributed by atoms with van der Waals surface area (Å²) in [4.78, 5) is 12.0. The summed E-state index contributed by atoms with van der Waals surface area (Å²) in [5, 5.41) is 7.57. The van der Waals surface area contributed by atoms with Gasteiger partial charge in [0.1, 0.15) is 11.5 Å². The molecule has 0 spiro atoms. The monoisotopic (exact) mass is 404 g/mol. The molecule has 0 aliphatic heterocycles. The van der Waals surface area contributed by atoms with Crippen LogP contribution in [-0.2, 0) is 11.7 Å². The molecule has 0 aliphatic carbocycles. The van der Waals surface area contributed by atoms with Gasteiger partial charge >= 0.3 is 6.18 Å². The predicted octanol–water partition coefficient (Wildman–Crippen LogP) is 4.99. The highest BCUT2D eigenvalue weighted by atomic mass is 19.4. The second-order valence-corrected chi connectivity index (χ2v) is 7.83. The number of nitrogens with zero attached hydrogens (tertiary/aromatic N) is 5. The summed E-state index contributed by atoms with van der Waals surface area (Å²) in [5.74, 6) is -0.0133. The van der Waals surface area contributed by atoms with E-state index >= 15 is 0 Å². The molecule has 0 aliphatic rings. The van der Waals surface area contributed by atoms with Crippen LogP contribution in [0.5, 0.6) is 0 Å². The number of hydrogen-bond acceptors (Lipinski definition) is 5. The largest absolute Gasteiger partial charge is 0.433 e. The van der Waals surface area contributed by atoms with Gasteiger partial charge in [-0.15, -0.1) is 0 Å². The first-order valence-electron chi connectivity index (χ1n) is 9.16. The lowest BCUT2D eigenvalue weighted by atomic mass is 10.1. The van der Waals surface area contributed by atoms with Crippen molar-refractivity contribution >= 4 is 5.82 Å². The van der Waals surface area contributed by atoms with Crippen LogP contribution in [0.25, 0.3) is 11.5 Å². The molecule has 0 amide bonds. The van der Waals surface area contributed by atoms with Crippen molar-refractivity contribution in [2.75, 3.05) is 5.32 Å². The Labute approximate surface area is 167 Å². The van der Waals surface area contributed by atoms with E-state index in [9.17, 15) is 13.2 Å². The van der Waals surface area contributed by atoms with Gasteiger partial charge in [0.2, 0.25) is 0 Å². The number of aryl methyl sites for hydroxylation is 1. The van der Waals surface area contributed by atoms with E-state index < -0.39 is 11.9 Å². The Kier molecular flexibility index (Phi) is 5.34. The summed E-state index contributed by atoms with van der Waals surface area (Å²) < 4.78 is 42.0. The fraction of sp³-hybridized carbons (Fsp3) is 0.400. The van der Waals surface area contributed by atoms with Crippen LogP contribution in [0.3, 0.4) is 0 Å². The van der Waals surface area contributed by atoms with E-state index in [1.54, 1.807) is 18.2 Å². The standard InChI is InChI=1S/C20H23F3N6/c1-12(14-11-29(19(3,4)5)28-13(14)2)25-17-10-16(20(21,22)23)26-18(27-17)15-8-6-7-9-24-15/h6-12H,1-5H3,(H,25,26,27). The molecule has 0 radical (unpaired) electrons. The van der Waals surface area contributed by atoms with Crippen LogP contribution in [-0.4, -0.2) is 24.7 Å². The molecule has 0 saturated heterocycles. The Balaban J connectivity index is 1.97. The van der Waals surface area contributed by atoms with Crippen molar-refractivity contribution in [2.24, 2.45) is 0 Å². The van der Waals surface area contributed by atoms with Gasteiger partial charge in [0.05, 0.1) is 17.3 Å². The summed E-state index contributed by atoms with van der Waals surface area (Å²) in [6, 6.07) is 5.52. The SMILES string of the molecule is Cc1nn(C(C)(C)C)cc1C(C)Nc1cc(C(F)(F)F)nc(-c2ccccn2)n1. The third-order valence-corrected chi connectivity index (χ3v) is 4.37. The number of nitrogens with one attached hydrogen (secondary N) is 1. The molecule has 3 heterocycles. The number of pyridine rings is 1. The first kappa shape index (κ1) is 20.8. The first-order chi connectivity index (χ1) is 13.4. The van der Waals surface area contributed by atoms with E-state index in [-0.39, 0.29) is 28.9 Å². The second kappa shape index (κ2) is 7.46. The van der Waals surface area contributed by atoms with Gasteiger partial charge in [-0.1, -0.05) is 6.07 Å². The van der Waals surface area contributed by atoms with Crippen molar-refractivity contribution in [1.29, 1.82) is 0 Å². The third kappa shape index (κ3) is 4.72. The first-order valence-corrected chi connectivity index (χ1v) is 9.16. The number of halogens is 3. The van der Waals surface area contributed by atoms with Crippen LogP contribution in [0.2, 0.25) is 0 Å². The molecule has 1 N–H and O–H groups in total. The fourth-order valence-corrected chi connectivity index (χ4v) is 2.82. The van der Waals surface area contributed by atoms with E-state index in [0.29, 0.717) is 0 Å². The van der Waals surface area contributed by atoms with Crippen LogP contribution in [0.15, 0.2) is 36.7 Å². The normalized spacial score (nSPS) is 13.4. The van der Waals surface area contributed by atoms with Crippen molar-refractivity contribution in [3.05, 3.63) is 53.6 Å². The minimum absolute atomic E-state index is 0.0726. The highest BCUT2D eigenvalue weighted by Gasteiger charge is 2.34. The number of anilines is 1. The molecular weight excluding hydrogens is 381 g/mol. The van der Waals surface area contributed by atoms with Crippen LogP contribution in [0, 0.1) is 6.92 Å². The van der Waals surface area contributed by atoms with Crippen LogP contribution in [0.1, 0.15) is 50.7 Å². The zero-order valence-corrected chi connectivity index (χ0v) is 16.9. The minimum atomic E-state index is -4.60. The number of hydrogen-bond donors (Lipinski definition) is 1. The van der Waals surface area contributed by atoms with E-state index in [2.05, 4.69) is 25.4 Å². The van der Waals surface area contributed by atoms with Crippen LogP contribution in [0.4, 0.5) is 19.0 Å². The van der Waals surface area contributed by atoms with Crippen molar-refractivity contribution in [3.63, 3.8) is 0 Å². The second-order valence-electron chi connectivity index (χ2n) is 7.83. The van der Waals surface area contributed by atoms with Crippen molar-refractivity contribution in [3.8, 4) is 11.5 Å². The maximum atomic E-state index is 13.4. The molecule has 154 valence electrons. The molecule has 9 heteroatoms. The fourth-order valence-electron chi connectivity index (χ4n) is 2.82. The maximum absolute atomic E-state index is 13.4. The molecular formula is C20H23F3N6. The van der Waals surface area contributed by atoms with E-state index in [4.69, 9.17) is 0 Å². The lowest BCUT2D eigenvalue weighted by Gasteiger charge is -2.19. The van der Waals surface area contributed by atoms with Gasteiger partial charge in [-0.3, -0.25) is 9.67 Å². The quantitative estimate of drug-likeness (QED) is 0.663. The Bertz CT molecular complexity index is 990. The molecule has 29 heavy (non-hydrogen) atoms. The molecule has 0 saturated carbocycles. The van der Waals surface area contributed by atoms with Crippen molar-refractivity contribution in [2.45, 2.75) is 52.4 Å². The zero-order valence-electron chi connectivity index (χ0n) is 16.9. The molecule has 0 bridgehead atoms. The smallest absolute Gasteiger partial charge is 0.363 e. The number of aromatic nitrogens is 5. The number of rotatable bonds is 4. The van der Waals surface area contributed by atoms with Gasteiger partial charge in [0.25, 0.3) is 0 Å². The summed E-state index contributed by atoms with van der Waals surface area (Å²) in [6.07, 6.45) is -1.21. The third-order valence-electron chi connectivity index (χ3n) is 4.37. The molecule has 0 fully saturated rings. The summed E-state index contributed by atoms with van der Waals surface area (Å²) in [7, 11) is 0. The van der Waals surface area contributed by atoms with E-state index in [0.717, 1.165) is 17.3 Å².